The molecule has 1 aliphatic rings. The van der Waals surface area contributed by atoms with Crippen molar-refractivity contribution in [2.24, 2.45) is 5.92 Å². The number of amides is 1. The van der Waals surface area contributed by atoms with Crippen molar-refractivity contribution in [1.82, 2.24) is 9.21 Å². The lowest BCUT2D eigenvalue weighted by molar-refractivity contribution is -0.135. The highest BCUT2D eigenvalue weighted by Crippen LogP contribution is 2.27. The van der Waals surface area contributed by atoms with E-state index in [1.165, 1.54) is 4.31 Å². The van der Waals surface area contributed by atoms with E-state index in [9.17, 15) is 13.2 Å². The van der Waals surface area contributed by atoms with Crippen LogP contribution in [-0.4, -0.2) is 50.8 Å². The lowest BCUT2D eigenvalue weighted by Crippen LogP contribution is -2.46. The molecule has 2 aromatic carbocycles. The van der Waals surface area contributed by atoms with Crippen molar-refractivity contribution in [1.29, 1.82) is 0 Å². The third-order valence-electron chi connectivity index (χ3n) is 5.44. The average Bonchev–Trinajstić information content (AvgIpc) is 2.76. The molecule has 0 spiro atoms. The Morgan fingerprint density at radius 3 is 2.65 bits per heavy atom. The zero-order valence-corrected chi connectivity index (χ0v) is 19.9. The van der Waals surface area contributed by atoms with Gasteiger partial charge in [-0.2, -0.15) is 0 Å². The van der Waals surface area contributed by atoms with Crippen LogP contribution < -0.4 is 4.74 Å². The Bertz CT molecular complexity index is 1050. The summed E-state index contributed by atoms with van der Waals surface area (Å²) in [7, 11) is -0.257. The van der Waals surface area contributed by atoms with Gasteiger partial charge in [0.25, 0.3) is 0 Å². The highest BCUT2D eigenvalue weighted by molar-refractivity contribution is 7.88. The number of carbonyl (C=O) groups is 1. The average molecular weight is 485 g/mol. The van der Waals surface area contributed by atoms with Gasteiger partial charge in [0.1, 0.15) is 5.75 Å². The molecule has 31 heavy (non-hydrogen) atoms. The summed E-state index contributed by atoms with van der Waals surface area (Å²) in [5, 5.41) is 0.698. The van der Waals surface area contributed by atoms with Crippen molar-refractivity contribution < 1.29 is 17.9 Å². The largest absolute Gasteiger partial charge is 0.496 e. The SMILES string of the molecule is COc1ccccc1CN(C)C(=O)[C@H]1CCCN(S(=O)(=O)Cc2ccc(Cl)c(Cl)c2)C1. The van der Waals surface area contributed by atoms with E-state index >= 15 is 0 Å². The molecular formula is C22H26Cl2N2O4S. The molecule has 1 aliphatic heterocycles. The van der Waals surface area contributed by atoms with Gasteiger partial charge in [-0.1, -0.05) is 47.5 Å². The maximum Gasteiger partial charge on any atom is 0.227 e. The first kappa shape index (κ1) is 23.9. The lowest BCUT2D eigenvalue weighted by Gasteiger charge is -2.33. The fraction of sp³-hybridized carbons (Fsp3) is 0.409. The van der Waals surface area contributed by atoms with Gasteiger partial charge in [-0.25, -0.2) is 12.7 Å². The Balaban J connectivity index is 1.67. The number of halogens is 2. The molecule has 0 unspecified atom stereocenters. The number of carbonyl (C=O) groups excluding carboxylic acids is 1. The molecule has 1 saturated heterocycles. The van der Waals surface area contributed by atoms with E-state index in [-0.39, 0.29) is 24.1 Å². The molecule has 0 radical (unpaired) electrons. The van der Waals surface area contributed by atoms with Crippen LogP contribution in [0.1, 0.15) is 24.0 Å². The summed E-state index contributed by atoms with van der Waals surface area (Å²) in [6, 6.07) is 12.3. The van der Waals surface area contributed by atoms with Gasteiger partial charge in [-0.15, -0.1) is 0 Å². The van der Waals surface area contributed by atoms with Crippen LogP contribution >= 0.6 is 23.2 Å². The normalized spacial score (nSPS) is 17.4. The molecule has 9 heteroatoms. The van der Waals surface area contributed by atoms with E-state index in [0.717, 1.165) is 11.3 Å². The number of para-hydroxylation sites is 1. The summed E-state index contributed by atoms with van der Waals surface area (Å²) in [4.78, 5) is 14.7. The topological polar surface area (TPSA) is 66.9 Å². The second-order valence-electron chi connectivity index (χ2n) is 7.71. The lowest BCUT2D eigenvalue weighted by atomic mass is 9.98. The molecule has 1 fully saturated rings. The van der Waals surface area contributed by atoms with Crippen molar-refractivity contribution in [3.63, 3.8) is 0 Å². The highest BCUT2D eigenvalue weighted by atomic mass is 35.5. The molecule has 2 aromatic rings. The van der Waals surface area contributed by atoms with Crippen LogP contribution in [0.3, 0.4) is 0 Å². The van der Waals surface area contributed by atoms with Crippen LogP contribution in [0.15, 0.2) is 42.5 Å². The number of hydrogen-bond donors (Lipinski definition) is 0. The monoisotopic (exact) mass is 484 g/mol. The Kier molecular flexibility index (Phi) is 7.86. The van der Waals surface area contributed by atoms with Crippen LogP contribution in [0.25, 0.3) is 0 Å². The number of rotatable bonds is 7. The number of piperidine rings is 1. The van der Waals surface area contributed by atoms with Crippen LogP contribution in [-0.2, 0) is 27.1 Å². The van der Waals surface area contributed by atoms with E-state index in [1.807, 2.05) is 24.3 Å². The van der Waals surface area contributed by atoms with Crippen molar-refractivity contribution in [3.05, 3.63) is 63.6 Å². The smallest absolute Gasteiger partial charge is 0.227 e. The predicted octanol–water partition coefficient (Wildman–Crippen LogP) is 4.20. The number of methoxy groups -OCH3 is 1. The van der Waals surface area contributed by atoms with E-state index < -0.39 is 10.0 Å². The first-order chi connectivity index (χ1) is 14.7. The third-order valence-corrected chi connectivity index (χ3v) is 7.99. The zero-order chi connectivity index (χ0) is 22.6. The van der Waals surface area contributed by atoms with Gasteiger partial charge in [0.2, 0.25) is 15.9 Å². The van der Waals surface area contributed by atoms with E-state index in [4.69, 9.17) is 27.9 Å². The number of ether oxygens (including phenoxy) is 1. The summed E-state index contributed by atoms with van der Waals surface area (Å²) in [6.07, 6.45) is 1.30. The maximum absolute atomic E-state index is 13.0. The fourth-order valence-corrected chi connectivity index (χ4v) is 5.73. The fourth-order valence-electron chi connectivity index (χ4n) is 3.81. The van der Waals surface area contributed by atoms with E-state index in [1.54, 1.807) is 37.3 Å². The van der Waals surface area contributed by atoms with Crippen LogP contribution in [0.4, 0.5) is 0 Å². The van der Waals surface area contributed by atoms with Crippen LogP contribution in [0.5, 0.6) is 5.75 Å². The quantitative estimate of drug-likeness (QED) is 0.590. The van der Waals surface area contributed by atoms with Gasteiger partial charge in [-0.3, -0.25) is 4.79 Å². The van der Waals surface area contributed by atoms with Gasteiger partial charge in [0.15, 0.2) is 0 Å². The molecule has 168 valence electrons. The maximum atomic E-state index is 13.0. The molecule has 1 heterocycles. The van der Waals surface area contributed by atoms with Crippen molar-refractivity contribution >= 4 is 39.1 Å². The minimum absolute atomic E-state index is 0.0691. The zero-order valence-electron chi connectivity index (χ0n) is 17.6. The Hall–Kier alpha value is -1.80. The predicted molar refractivity (Wildman–Crippen MR) is 123 cm³/mol. The highest BCUT2D eigenvalue weighted by Gasteiger charge is 2.33. The molecule has 1 atom stereocenters. The molecule has 1 amide bonds. The van der Waals surface area contributed by atoms with Crippen LogP contribution in [0.2, 0.25) is 10.0 Å². The van der Waals surface area contributed by atoms with Crippen molar-refractivity contribution in [2.45, 2.75) is 25.1 Å². The summed E-state index contributed by atoms with van der Waals surface area (Å²) < 4.78 is 32.7. The van der Waals surface area contributed by atoms with Gasteiger partial charge in [0, 0.05) is 32.2 Å². The van der Waals surface area contributed by atoms with Gasteiger partial charge in [0.05, 0.1) is 28.8 Å². The van der Waals surface area contributed by atoms with E-state index in [0.29, 0.717) is 41.5 Å². The summed E-state index contributed by atoms with van der Waals surface area (Å²) in [5.41, 5.74) is 1.47. The molecule has 0 N–H and O–H groups in total. The molecule has 0 aliphatic carbocycles. The summed E-state index contributed by atoms with van der Waals surface area (Å²) in [6.45, 7) is 0.984. The van der Waals surface area contributed by atoms with Crippen molar-refractivity contribution in [3.8, 4) is 5.75 Å². The minimum atomic E-state index is -3.59. The first-order valence-corrected chi connectivity index (χ1v) is 12.4. The molecule has 0 aromatic heterocycles. The summed E-state index contributed by atoms with van der Waals surface area (Å²) in [5.74, 6) is 0.0935. The molecule has 0 bridgehead atoms. The van der Waals surface area contributed by atoms with Gasteiger partial charge in [-0.05, 0) is 36.6 Å². The van der Waals surface area contributed by atoms with Crippen LogP contribution in [0, 0.1) is 5.92 Å². The van der Waals surface area contributed by atoms with Gasteiger partial charge >= 0.3 is 0 Å². The number of nitrogens with zero attached hydrogens (tertiary/aromatic N) is 2. The second kappa shape index (κ2) is 10.2. The Morgan fingerprint density at radius 2 is 1.94 bits per heavy atom. The van der Waals surface area contributed by atoms with Crippen molar-refractivity contribution in [2.75, 3.05) is 27.2 Å². The molecule has 3 rings (SSSR count). The number of hydrogen-bond acceptors (Lipinski definition) is 4. The van der Waals surface area contributed by atoms with E-state index in [2.05, 4.69) is 0 Å². The minimum Gasteiger partial charge on any atom is -0.496 e. The molecule has 0 saturated carbocycles. The molecular weight excluding hydrogens is 459 g/mol. The number of benzene rings is 2. The third kappa shape index (κ3) is 5.92. The summed E-state index contributed by atoms with van der Waals surface area (Å²) >= 11 is 11.9. The molecule has 6 nitrogen and oxygen atoms in total. The first-order valence-electron chi connectivity index (χ1n) is 10.00. The second-order valence-corrected chi connectivity index (χ2v) is 10.5. The number of sulfonamides is 1. The van der Waals surface area contributed by atoms with Gasteiger partial charge < -0.3 is 9.64 Å². The Morgan fingerprint density at radius 1 is 1.19 bits per heavy atom. The standard InChI is InChI=1S/C22H26Cl2N2O4S/c1-25(13-17-6-3-4-8-21(17)30-2)22(27)18-7-5-11-26(14-18)31(28,29)15-16-9-10-19(23)20(24)12-16/h3-4,6,8-10,12,18H,5,7,11,13-15H2,1-2H3/t18-/m0/s1. The Labute approximate surface area is 193 Å².